The van der Waals surface area contributed by atoms with Crippen molar-refractivity contribution in [3.05, 3.63) is 0 Å². The maximum absolute atomic E-state index is 12.6. The number of nitrogens with two attached hydrogens (primary N) is 1. The molecule has 0 heterocycles. The maximum atomic E-state index is 12.6. The monoisotopic (exact) mass is 476 g/mol. The van der Waals surface area contributed by atoms with Crippen molar-refractivity contribution in [1.29, 1.82) is 0 Å². The summed E-state index contributed by atoms with van der Waals surface area (Å²) in [6, 6.07) is -5.99. The molecule has 0 fully saturated rings. The molecule has 0 aromatic carbocycles. The van der Waals surface area contributed by atoms with Crippen LogP contribution in [0.3, 0.4) is 0 Å². The quantitative estimate of drug-likeness (QED) is 0.124. The van der Waals surface area contributed by atoms with Gasteiger partial charge in [0.1, 0.15) is 18.1 Å². The standard InChI is InChI=1S/C19H32N4O10/c1-8(2)6-10(20)16(29)23-15(9(3)24)18(31)22-12(7-14(27)28)17(30)21-11(19(32)33)4-5-13(25)26/h8-12,15,24H,4-7,20H2,1-3H3,(H,21,30)(H,22,31)(H,23,29)(H,25,26)(H,27,28)(H,32,33). The molecule has 0 saturated carbocycles. The van der Waals surface area contributed by atoms with E-state index in [1.165, 1.54) is 6.92 Å². The van der Waals surface area contributed by atoms with Crippen LogP contribution in [0.1, 0.15) is 46.5 Å². The van der Waals surface area contributed by atoms with Crippen molar-refractivity contribution >= 4 is 35.6 Å². The number of aliphatic hydroxyl groups excluding tert-OH is 1. The Labute approximate surface area is 189 Å². The minimum atomic E-state index is -1.77. The van der Waals surface area contributed by atoms with Crippen molar-refractivity contribution < 1.29 is 49.2 Å². The fourth-order valence-electron chi connectivity index (χ4n) is 2.72. The van der Waals surface area contributed by atoms with Crippen LogP contribution in [0.25, 0.3) is 0 Å². The summed E-state index contributed by atoms with van der Waals surface area (Å²) in [6.07, 6.45) is -3.17. The van der Waals surface area contributed by atoms with E-state index in [9.17, 15) is 33.9 Å². The summed E-state index contributed by atoms with van der Waals surface area (Å²) in [5.74, 6) is -7.36. The molecule has 5 unspecified atom stereocenters. The van der Waals surface area contributed by atoms with Gasteiger partial charge in [-0.05, 0) is 25.7 Å². The maximum Gasteiger partial charge on any atom is 0.326 e. The number of aliphatic hydroxyl groups is 1. The lowest BCUT2D eigenvalue weighted by atomic mass is 10.0. The first kappa shape index (κ1) is 29.7. The van der Waals surface area contributed by atoms with E-state index in [2.05, 4.69) is 10.6 Å². The number of carbonyl (C=O) groups is 6. The van der Waals surface area contributed by atoms with Gasteiger partial charge in [-0.1, -0.05) is 13.8 Å². The van der Waals surface area contributed by atoms with Crippen LogP contribution >= 0.6 is 0 Å². The van der Waals surface area contributed by atoms with Crippen LogP contribution in [0, 0.1) is 5.92 Å². The van der Waals surface area contributed by atoms with Gasteiger partial charge in [-0.15, -0.1) is 0 Å². The summed E-state index contributed by atoms with van der Waals surface area (Å²) in [7, 11) is 0. The third-order valence-electron chi connectivity index (χ3n) is 4.40. The molecule has 0 rings (SSSR count). The van der Waals surface area contributed by atoms with E-state index in [4.69, 9.17) is 21.1 Å². The fourth-order valence-corrected chi connectivity index (χ4v) is 2.72. The van der Waals surface area contributed by atoms with Gasteiger partial charge in [0.15, 0.2) is 0 Å². The zero-order valence-electron chi connectivity index (χ0n) is 18.6. The van der Waals surface area contributed by atoms with Gasteiger partial charge in [0.2, 0.25) is 17.7 Å². The fraction of sp³-hybridized carbons (Fsp3) is 0.684. The Morgan fingerprint density at radius 1 is 0.788 bits per heavy atom. The van der Waals surface area contributed by atoms with Gasteiger partial charge < -0.3 is 42.1 Å². The van der Waals surface area contributed by atoms with Crippen molar-refractivity contribution in [2.24, 2.45) is 11.7 Å². The van der Waals surface area contributed by atoms with Crippen LogP contribution in [-0.2, 0) is 28.8 Å². The van der Waals surface area contributed by atoms with Gasteiger partial charge in [0, 0.05) is 6.42 Å². The van der Waals surface area contributed by atoms with Crippen LogP contribution < -0.4 is 21.7 Å². The predicted molar refractivity (Wildman–Crippen MR) is 112 cm³/mol. The number of amides is 3. The molecule has 5 atom stereocenters. The number of carboxylic acid groups (broad SMARTS) is 3. The van der Waals surface area contributed by atoms with Crippen molar-refractivity contribution in [3.8, 4) is 0 Å². The van der Waals surface area contributed by atoms with E-state index in [1.807, 2.05) is 19.2 Å². The van der Waals surface area contributed by atoms with Gasteiger partial charge in [-0.2, -0.15) is 0 Å². The molecular formula is C19H32N4O10. The molecule has 0 aromatic rings. The van der Waals surface area contributed by atoms with Gasteiger partial charge in [-0.3, -0.25) is 24.0 Å². The molecule has 0 aromatic heterocycles. The second-order valence-electron chi connectivity index (χ2n) is 7.95. The highest BCUT2D eigenvalue weighted by Gasteiger charge is 2.33. The third kappa shape index (κ3) is 11.8. The molecule has 0 radical (unpaired) electrons. The lowest BCUT2D eigenvalue weighted by molar-refractivity contribution is -0.144. The number of carboxylic acids is 3. The summed E-state index contributed by atoms with van der Waals surface area (Å²) in [5, 5.41) is 43.1. The zero-order chi connectivity index (χ0) is 25.9. The van der Waals surface area contributed by atoms with Gasteiger partial charge in [-0.25, -0.2) is 4.79 Å². The number of aliphatic carboxylic acids is 3. The molecule has 14 heteroatoms. The second-order valence-corrected chi connectivity index (χ2v) is 7.95. The Morgan fingerprint density at radius 3 is 1.76 bits per heavy atom. The predicted octanol–water partition coefficient (Wildman–Crippen LogP) is -2.38. The second kappa shape index (κ2) is 14.0. The molecule has 14 nitrogen and oxygen atoms in total. The Balaban J connectivity index is 5.45. The first-order valence-electron chi connectivity index (χ1n) is 10.2. The molecule has 9 N–H and O–H groups in total. The summed E-state index contributed by atoms with van der Waals surface area (Å²) in [5.41, 5.74) is 5.75. The highest BCUT2D eigenvalue weighted by atomic mass is 16.4. The van der Waals surface area contributed by atoms with Crippen LogP contribution in [0.5, 0.6) is 0 Å². The largest absolute Gasteiger partial charge is 0.481 e. The van der Waals surface area contributed by atoms with E-state index in [0.29, 0.717) is 0 Å². The molecule has 0 saturated heterocycles. The number of hydrogen-bond acceptors (Lipinski definition) is 8. The Bertz CT molecular complexity index is 740. The highest BCUT2D eigenvalue weighted by molar-refractivity contribution is 5.95. The number of rotatable bonds is 15. The number of hydrogen-bond donors (Lipinski definition) is 8. The van der Waals surface area contributed by atoms with Gasteiger partial charge in [0.25, 0.3) is 0 Å². The van der Waals surface area contributed by atoms with E-state index in [1.54, 1.807) is 0 Å². The molecule has 0 bridgehead atoms. The first-order chi connectivity index (χ1) is 15.1. The average Bonchev–Trinajstić information content (AvgIpc) is 2.66. The smallest absolute Gasteiger partial charge is 0.326 e. The summed E-state index contributed by atoms with van der Waals surface area (Å²) >= 11 is 0. The molecule has 0 aliphatic heterocycles. The van der Waals surface area contributed by atoms with Crippen LogP contribution in [0.2, 0.25) is 0 Å². The SMILES string of the molecule is CC(C)CC(N)C(=O)NC(C(=O)NC(CC(=O)O)C(=O)NC(CCC(=O)O)C(=O)O)C(C)O. The van der Waals surface area contributed by atoms with Crippen molar-refractivity contribution in [2.45, 2.75) is 76.7 Å². The Kier molecular flexibility index (Phi) is 12.6. The minimum absolute atomic E-state index is 0.0662. The van der Waals surface area contributed by atoms with Crippen LogP contribution in [0.4, 0.5) is 0 Å². The van der Waals surface area contributed by atoms with Gasteiger partial charge in [0.05, 0.1) is 18.6 Å². The normalized spacial score (nSPS) is 15.5. The molecule has 188 valence electrons. The van der Waals surface area contributed by atoms with E-state index >= 15 is 0 Å². The Morgan fingerprint density at radius 2 is 1.33 bits per heavy atom. The molecule has 0 spiro atoms. The number of nitrogens with one attached hydrogen (secondary N) is 3. The van der Waals surface area contributed by atoms with Crippen LogP contribution in [0.15, 0.2) is 0 Å². The summed E-state index contributed by atoms with van der Waals surface area (Å²) in [6.45, 7) is 4.82. The molecule has 0 aliphatic carbocycles. The minimum Gasteiger partial charge on any atom is -0.481 e. The molecule has 0 aliphatic rings. The molecular weight excluding hydrogens is 444 g/mol. The van der Waals surface area contributed by atoms with E-state index in [-0.39, 0.29) is 12.3 Å². The summed E-state index contributed by atoms with van der Waals surface area (Å²) in [4.78, 5) is 70.4. The van der Waals surface area contributed by atoms with Gasteiger partial charge >= 0.3 is 17.9 Å². The first-order valence-corrected chi connectivity index (χ1v) is 10.2. The average molecular weight is 476 g/mol. The van der Waals surface area contributed by atoms with Crippen molar-refractivity contribution in [2.75, 3.05) is 0 Å². The van der Waals surface area contributed by atoms with Crippen molar-refractivity contribution in [1.82, 2.24) is 16.0 Å². The van der Waals surface area contributed by atoms with Crippen LogP contribution in [-0.4, -0.2) is 86.3 Å². The number of carbonyl (C=O) groups excluding carboxylic acids is 3. The zero-order valence-corrected chi connectivity index (χ0v) is 18.6. The lowest BCUT2D eigenvalue weighted by Gasteiger charge is -2.26. The molecule has 3 amide bonds. The summed E-state index contributed by atoms with van der Waals surface area (Å²) < 4.78 is 0. The lowest BCUT2D eigenvalue weighted by Crippen LogP contribution is -2.60. The van der Waals surface area contributed by atoms with Crippen molar-refractivity contribution in [3.63, 3.8) is 0 Å². The van der Waals surface area contributed by atoms with E-state index < -0.39 is 85.2 Å². The Hall–Kier alpha value is -3.26. The molecule has 33 heavy (non-hydrogen) atoms. The topological polar surface area (TPSA) is 245 Å². The van der Waals surface area contributed by atoms with E-state index in [0.717, 1.165) is 0 Å². The third-order valence-corrected chi connectivity index (χ3v) is 4.40. The highest BCUT2D eigenvalue weighted by Crippen LogP contribution is 2.05.